The predicted octanol–water partition coefficient (Wildman–Crippen LogP) is 0.574. The van der Waals surface area contributed by atoms with Crippen molar-refractivity contribution in [2.75, 3.05) is 0 Å². The molecule has 0 atom stereocenters. The van der Waals surface area contributed by atoms with E-state index >= 15 is 0 Å². The minimum atomic E-state index is -0.208. The Hall–Kier alpha value is -1.03. The number of halogens is 1. The van der Waals surface area contributed by atoms with Gasteiger partial charge in [0.1, 0.15) is 0 Å². The van der Waals surface area contributed by atoms with Crippen molar-refractivity contribution in [2.24, 2.45) is 14.1 Å². The average Bonchev–Trinajstić information content (AvgIpc) is 2.22. The number of hydrogen-bond acceptors (Lipinski definition) is 2. The fourth-order valence-corrected chi connectivity index (χ4v) is 0.715. The van der Waals surface area contributed by atoms with Crippen molar-refractivity contribution < 1.29 is 0 Å². The quantitative estimate of drug-likeness (QED) is 0.541. The van der Waals surface area contributed by atoms with E-state index < -0.39 is 0 Å². The maximum atomic E-state index is 10.8. The lowest BCUT2D eigenvalue weighted by Crippen LogP contribution is -2.19. The molecule has 0 radical (unpaired) electrons. The van der Waals surface area contributed by atoms with Crippen LogP contribution >= 0.6 is 11.6 Å². The first kappa shape index (κ1) is 9.97. The van der Waals surface area contributed by atoms with Crippen LogP contribution in [0.25, 0.3) is 0 Å². The van der Waals surface area contributed by atoms with Crippen molar-refractivity contribution in [1.82, 2.24) is 14.3 Å². The van der Waals surface area contributed by atoms with Gasteiger partial charge >= 0.3 is 5.69 Å². The molecule has 0 unspecified atom stereocenters. The maximum absolute atomic E-state index is 10.8. The van der Waals surface area contributed by atoms with Crippen molar-refractivity contribution in [1.29, 1.82) is 0 Å². The molecule has 0 N–H and O–H groups in total. The molecule has 0 aliphatic heterocycles. The van der Waals surface area contributed by atoms with Crippen LogP contribution in [0.2, 0.25) is 5.28 Å². The second-order valence-corrected chi connectivity index (χ2v) is 2.07. The summed E-state index contributed by atoms with van der Waals surface area (Å²) in [5.41, 5.74) is -0.208. The van der Waals surface area contributed by atoms with Gasteiger partial charge in [-0.2, -0.15) is 0 Å². The summed E-state index contributed by atoms with van der Waals surface area (Å²) in [6.45, 7) is 6.00. The number of hydrogen-bond donors (Lipinski definition) is 0. The van der Waals surface area contributed by atoms with E-state index in [0.29, 0.717) is 0 Å². The Morgan fingerprint density at radius 1 is 1.45 bits per heavy atom. The normalized spacial score (nSPS) is 8.64. The predicted molar refractivity (Wildman–Crippen MR) is 44.7 cm³/mol. The third-order valence-electron chi connectivity index (χ3n) is 1.07. The Morgan fingerprint density at radius 2 is 1.91 bits per heavy atom. The van der Waals surface area contributed by atoms with Crippen LogP contribution in [-0.2, 0) is 14.1 Å². The van der Waals surface area contributed by atoms with Crippen LogP contribution in [0.4, 0.5) is 0 Å². The largest absolute Gasteiger partial charge is 0.346 e. The van der Waals surface area contributed by atoms with Gasteiger partial charge in [-0.3, -0.25) is 4.57 Å². The molecular weight excluding hydrogens is 166 g/mol. The van der Waals surface area contributed by atoms with Gasteiger partial charge in [0.25, 0.3) is 0 Å². The summed E-state index contributed by atoms with van der Waals surface area (Å²) in [5.74, 6) is 0. The third kappa shape index (κ3) is 1.94. The molecule has 11 heavy (non-hydrogen) atoms. The second-order valence-electron chi connectivity index (χ2n) is 1.73. The monoisotopic (exact) mass is 175 g/mol. The number of rotatable bonds is 0. The Kier molecular flexibility index (Phi) is 3.60. The standard InChI is InChI=1S/C4H6ClN3O.C2H4/c1-7-3(5)6-8(2)4(7)9;1-2/h1-2H3;1-2H2. The zero-order valence-electron chi connectivity index (χ0n) is 6.54. The van der Waals surface area contributed by atoms with Gasteiger partial charge in [-0.1, -0.05) is 0 Å². The fourth-order valence-electron chi connectivity index (χ4n) is 0.530. The highest BCUT2D eigenvalue weighted by Gasteiger charge is 2.01. The zero-order chi connectivity index (χ0) is 9.02. The molecule has 1 heterocycles. The molecule has 0 aliphatic rings. The molecule has 0 bridgehead atoms. The minimum Gasteiger partial charge on any atom is -0.269 e. The fraction of sp³-hybridized carbons (Fsp3) is 0.333. The van der Waals surface area contributed by atoms with Gasteiger partial charge in [-0.05, 0) is 11.6 Å². The third-order valence-corrected chi connectivity index (χ3v) is 1.40. The van der Waals surface area contributed by atoms with Crippen molar-refractivity contribution in [3.8, 4) is 0 Å². The first-order valence-electron chi connectivity index (χ1n) is 2.88. The topological polar surface area (TPSA) is 39.8 Å². The molecule has 0 saturated carbocycles. The van der Waals surface area contributed by atoms with Crippen LogP contribution in [-0.4, -0.2) is 14.3 Å². The number of aryl methyl sites for hydroxylation is 1. The summed E-state index contributed by atoms with van der Waals surface area (Å²) in [7, 11) is 3.12. The average molecular weight is 176 g/mol. The smallest absolute Gasteiger partial charge is 0.269 e. The Balaban J connectivity index is 0.000000461. The lowest BCUT2D eigenvalue weighted by atomic mass is 11.0. The molecule has 0 amide bonds. The van der Waals surface area contributed by atoms with Crippen molar-refractivity contribution in [3.63, 3.8) is 0 Å². The number of nitrogens with zero attached hydrogens (tertiary/aromatic N) is 3. The molecule has 1 aromatic rings. The van der Waals surface area contributed by atoms with Crippen LogP contribution in [0.3, 0.4) is 0 Å². The van der Waals surface area contributed by atoms with Crippen LogP contribution in [0, 0.1) is 0 Å². The molecule has 0 aliphatic carbocycles. The SMILES string of the molecule is C=C.Cn1nc(Cl)n(C)c1=O. The molecule has 5 heteroatoms. The highest BCUT2D eigenvalue weighted by Crippen LogP contribution is 1.95. The Labute approximate surface area is 69.7 Å². The van der Waals surface area contributed by atoms with Gasteiger partial charge in [0.05, 0.1) is 0 Å². The lowest BCUT2D eigenvalue weighted by Gasteiger charge is -1.82. The van der Waals surface area contributed by atoms with Crippen LogP contribution in [0.5, 0.6) is 0 Å². The highest BCUT2D eigenvalue weighted by molar-refractivity contribution is 6.28. The lowest BCUT2D eigenvalue weighted by molar-refractivity contribution is 0.714. The van der Waals surface area contributed by atoms with Crippen molar-refractivity contribution >= 4 is 11.6 Å². The molecule has 4 nitrogen and oxygen atoms in total. The van der Waals surface area contributed by atoms with Crippen LogP contribution in [0.15, 0.2) is 18.0 Å². The summed E-state index contributed by atoms with van der Waals surface area (Å²) in [4.78, 5) is 10.8. The minimum absolute atomic E-state index is 0.208. The molecule has 0 fully saturated rings. The number of aromatic nitrogens is 3. The van der Waals surface area contributed by atoms with Gasteiger partial charge in [-0.25, -0.2) is 9.48 Å². The van der Waals surface area contributed by atoms with E-state index in [1.807, 2.05) is 0 Å². The summed E-state index contributed by atoms with van der Waals surface area (Å²) in [6, 6.07) is 0. The first-order valence-corrected chi connectivity index (χ1v) is 3.26. The summed E-state index contributed by atoms with van der Waals surface area (Å²) in [6.07, 6.45) is 0. The van der Waals surface area contributed by atoms with E-state index in [-0.39, 0.29) is 11.0 Å². The van der Waals surface area contributed by atoms with E-state index in [0.717, 1.165) is 0 Å². The van der Waals surface area contributed by atoms with E-state index in [9.17, 15) is 4.79 Å². The van der Waals surface area contributed by atoms with E-state index in [2.05, 4.69) is 18.3 Å². The highest BCUT2D eigenvalue weighted by atomic mass is 35.5. The Morgan fingerprint density at radius 3 is 2.00 bits per heavy atom. The molecular formula is C6H10ClN3O. The maximum Gasteiger partial charge on any atom is 0.346 e. The molecule has 62 valence electrons. The molecule has 1 aromatic heterocycles. The van der Waals surface area contributed by atoms with Gasteiger partial charge in [0.2, 0.25) is 5.28 Å². The summed E-state index contributed by atoms with van der Waals surface area (Å²) < 4.78 is 2.45. The van der Waals surface area contributed by atoms with E-state index in [1.165, 1.54) is 9.25 Å². The van der Waals surface area contributed by atoms with Crippen molar-refractivity contribution in [2.45, 2.75) is 0 Å². The summed E-state index contributed by atoms with van der Waals surface area (Å²) in [5, 5.41) is 3.85. The Bertz CT molecular complexity index is 289. The second kappa shape index (κ2) is 3.98. The molecule has 0 spiro atoms. The first-order chi connectivity index (χ1) is 5.13. The van der Waals surface area contributed by atoms with Crippen LogP contribution in [0.1, 0.15) is 0 Å². The van der Waals surface area contributed by atoms with Crippen LogP contribution < -0.4 is 5.69 Å². The van der Waals surface area contributed by atoms with Gasteiger partial charge in [-0.15, -0.1) is 18.3 Å². The zero-order valence-corrected chi connectivity index (χ0v) is 7.30. The molecule has 0 aromatic carbocycles. The summed E-state index contributed by atoms with van der Waals surface area (Å²) >= 11 is 5.47. The van der Waals surface area contributed by atoms with Gasteiger partial charge in [0, 0.05) is 14.1 Å². The van der Waals surface area contributed by atoms with E-state index in [4.69, 9.17) is 11.6 Å². The molecule has 1 rings (SSSR count). The van der Waals surface area contributed by atoms with E-state index in [1.54, 1.807) is 14.1 Å². The van der Waals surface area contributed by atoms with Crippen molar-refractivity contribution in [3.05, 3.63) is 28.9 Å². The van der Waals surface area contributed by atoms with Gasteiger partial charge in [0.15, 0.2) is 0 Å². The molecule has 0 saturated heterocycles. The van der Waals surface area contributed by atoms with Gasteiger partial charge < -0.3 is 0 Å².